The van der Waals surface area contributed by atoms with Crippen LogP contribution >= 0.6 is 11.6 Å². The number of halogens is 1. The van der Waals surface area contributed by atoms with Crippen LogP contribution in [0, 0.1) is 0 Å². The van der Waals surface area contributed by atoms with Gasteiger partial charge in [-0.3, -0.25) is 9.69 Å². The summed E-state index contributed by atoms with van der Waals surface area (Å²) in [5, 5.41) is 0.649. The van der Waals surface area contributed by atoms with E-state index in [9.17, 15) is 4.79 Å². The van der Waals surface area contributed by atoms with Gasteiger partial charge in [0.1, 0.15) is 11.6 Å². The number of rotatable bonds is 5. The maximum atomic E-state index is 12.4. The molecule has 4 rings (SSSR count). The Morgan fingerprint density at radius 2 is 1.79 bits per heavy atom. The minimum Gasteiger partial charge on any atom is -0.484 e. The van der Waals surface area contributed by atoms with Gasteiger partial charge in [-0.25, -0.2) is 4.98 Å². The molecule has 0 aliphatic carbocycles. The Hall–Kier alpha value is -2.57. The third kappa shape index (κ3) is 4.13. The molecule has 0 spiro atoms. The number of hydrogen-bond donors (Lipinski definition) is 0. The van der Waals surface area contributed by atoms with Gasteiger partial charge in [-0.15, -0.1) is 0 Å². The van der Waals surface area contributed by atoms with Gasteiger partial charge in [0.25, 0.3) is 5.91 Å². The van der Waals surface area contributed by atoms with Crippen LogP contribution in [0.25, 0.3) is 11.0 Å². The van der Waals surface area contributed by atoms with Gasteiger partial charge in [-0.2, -0.15) is 0 Å². The minimum absolute atomic E-state index is 0.0114. The van der Waals surface area contributed by atoms with E-state index in [-0.39, 0.29) is 12.5 Å². The molecule has 0 atom stereocenters. The molecule has 1 amide bonds. The highest BCUT2D eigenvalue weighted by Crippen LogP contribution is 2.17. The number of carbonyl (C=O) groups is 1. The Labute approximate surface area is 169 Å². The van der Waals surface area contributed by atoms with Crippen molar-refractivity contribution in [2.45, 2.75) is 6.54 Å². The van der Waals surface area contributed by atoms with Crippen LogP contribution in [0.1, 0.15) is 5.82 Å². The van der Waals surface area contributed by atoms with Crippen LogP contribution in [-0.2, 0) is 18.4 Å². The second-order valence-corrected chi connectivity index (χ2v) is 7.41. The van der Waals surface area contributed by atoms with Crippen molar-refractivity contribution in [3.8, 4) is 5.75 Å². The summed E-state index contributed by atoms with van der Waals surface area (Å²) in [6.45, 7) is 3.90. The molecule has 0 N–H and O–H groups in total. The van der Waals surface area contributed by atoms with Crippen molar-refractivity contribution in [2.24, 2.45) is 7.05 Å². The van der Waals surface area contributed by atoms with Crippen molar-refractivity contribution in [1.29, 1.82) is 0 Å². The van der Waals surface area contributed by atoms with Gasteiger partial charge < -0.3 is 14.2 Å². The lowest BCUT2D eigenvalue weighted by Gasteiger charge is -2.34. The highest BCUT2D eigenvalue weighted by Gasteiger charge is 2.22. The highest BCUT2D eigenvalue weighted by atomic mass is 35.5. The predicted molar refractivity (Wildman–Crippen MR) is 110 cm³/mol. The van der Waals surface area contributed by atoms with E-state index in [4.69, 9.17) is 21.3 Å². The Morgan fingerprint density at radius 3 is 2.50 bits per heavy atom. The minimum atomic E-state index is 0.0114. The summed E-state index contributed by atoms with van der Waals surface area (Å²) in [4.78, 5) is 21.4. The molecule has 1 fully saturated rings. The number of aromatic nitrogens is 2. The fourth-order valence-corrected chi connectivity index (χ4v) is 3.59. The summed E-state index contributed by atoms with van der Waals surface area (Å²) >= 11 is 5.86. The number of imidazole rings is 1. The Kier molecular flexibility index (Phi) is 5.50. The fourth-order valence-electron chi connectivity index (χ4n) is 3.46. The standard InChI is InChI=1S/C21H23ClN4O2/c1-24-19-5-3-2-4-18(19)23-20(24)14-25-10-12-26(13-11-25)21(27)15-28-17-8-6-16(22)7-9-17/h2-9H,10-15H2,1H3. The lowest BCUT2D eigenvalue weighted by molar-refractivity contribution is -0.135. The van der Waals surface area contributed by atoms with E-state index in [2.05, 4.69) is 22.6 Å². The Balaban J connectivity index is 1.28. The topological polar surface area (TPSA) is 50.6 Å². The molecule has 2 aromatic carbocycles. The zero-order chi connectivity index (χ0) is 19.5. The van der Waals surface area contributed by atoms with E-state index in [0.29, 0.717) is 23.9 Å². The molecule has 0 bridgehead atoms. The van der Waals surface area contributed by atoms with Crippen molar-refractivity contribution in [2.75, 3.05) is 32.8 Å². The van der Waals surface area contributed by atoms with Crippen LogP contribution in [0.3, 0.4) is 0 Å². The van der Waals surface area contributed by atoms with Crippen molar-refractivity contribution in [3.05, 3.63) is 59.4 Å². The van der Waals surface area contributed by atoms with E-state index in [0.717, 1.165) is 36.5 Å². The number of ether oxygens (including phenoxy) is 1. The first-order chi connectivity index (χ1) is 13.6. The van der Waals surface area contributed by atoms with Gasteiger partial charge in [0, 0.05) is 38.2 Å². The van der Waals surface area contributed by atoms with E-state index < -0.39 is 0 Å². The van der Waals surface area contributed by atoms with E-state index >= 15 is 0 Å². The molecule has 0 saturated carbocycles. The number of aryl methyl sites for hydroxylation is 1. The summed E-state index contributed by atoms with van der Waals surface area (Å²) in [7, 11) is 2.05. The third-order valence-electron chi connectivity index (χ3n) is 5.15. The molecule has 146 valence electrons. The first kappa shape index (κ1) is 18.8. The van der Waals surface area contributed by atoms with E-state index in [1.54, 1.807) is 24.3 Å². The Morgan fingerprint density at radius 1 is 1.07 bits per heavy atom. The molecule has 7 heteroatoms. The number of benzene rings is 2. The maximum absolute atomic E-state index is 12.4. The molecule has 6 nitrogen and oxygen atoms in total. The average molecular weight is 399 g/mol. The third-order valence-corrected chi connectivity index (χ3v) is 5.40. The van der Waals surface area contributed by atoms with E-state index in [1.807, 2.05) is 23.1 Å². The van der Waals surface area contributed by atoms with Crippen molar-refractivity contribution in [1.82, 2.24) is 19.4 Å². The molecule has 1 aliphatic heterocycles. The van der Waals surface area contributed by atoms with Gasteiger partial charge in [0.15, 0.2) is 6.61 Å². The lowest BCUT2D eigenvalue weighted by atomic mass is 10.3. The summed E-state index contributed by atoms with van der Waals surface area (Å²) in [5.74, 6) is 1.71. The highest BCUT2D eigenvalue weighted by molar-refractivity contribution is 6.30. The first-order valence-corrected chi connectivity index (χ1v) is 9.77. The molecule has 0 radical (unpaired) electrons. The largest absolute Gasteiger partial charge is 0.484 e. The number of fused-ring (bicyclic) bond motifs is 1. The fraction of sp³-hybridized carbons (Fsp3) is 0.333. The molecular weight excluding hydrogens is 376 g/mol. The molecule has 28 heavy (non-hydrogen) atoms. The number of piperazine rings is 1. The van der Waals surface area contributed by atoms with Gasteiger partial charge in [0.2, 0.25) is 0 Å². The second-order valence-electron chi connectivity index (χ2n) is 6.98. The van der Waals surface area contributed by atoms with Crippen molar-refractivity contribution < 1.29 is 9.53 Å². The average Bonchev–Trinajstić information content (AvgIpc) is 3.03. The summed E-state index contributed by atoms with van der Waals surface area (Å²) in [6.07, 6.45) is 0. The predicted octanol–water partition coefficient (Wildman–Crippen LogP) is 2.95. The van der Waals surface area contributed by atoms with Gasteiger partial charge in [-0.1, -0.05) is 23.7 Å². The number of carbonyl (C=O) groups excluding carboxylic acids is 1. The number of nitrogens with zero attached hydrogens (tertiary/aromatic N) is 4. The van der Waals surface area contributed by atoms with Crippen LogP contribution in [0.5, 0.6) is 5.75 Å². The number of hydrogen-bond acceptors (Lipinski definition) is 4. The normalized spacial score (nSPS) is 15.1. The van der Waals surface area contributed by atoms with Gasteiger partial charge >= 0.3 is 0 Å². The molecular formula is C21H23ClN4O2. The summed E-state index contributed by atoms with van der Waals surface area (Å²) in [6, 6.07) is 15.2. The smallest absolute Gasteiger partial charge is 0.260 e. The SMILES string of the molecule is Cn1c(CN2CCN(C(=O)COc3ccc(Cl)cc3)CC2)nc2ccccc21. The van der Waals surface area contributed by atoms with Crippen molar-refractivity contribution in [3.63, 3.8) is 0 Å². The monoisotopic (exact) mass is 398 g/mol. The number of para-hydroxylation sites is 2. The maximum Gasteiger partial charge on any atom is 0.260 e. The second kappa shape index (κ2) is 8.20. The van der Waals surface area contributed by atoms with Gasteiger partial charge in [0.05, 0.1) is 17.6 Å². The quantitative estimate of drug-likeness (QED) is 0.663. The zero-order valence-corrected chi connectivity index (χ0v) is 16.6. The van der Waals surface area contributed by atoms with Crippen LogP contribution in [0.4, 0.5) is 0 Å². The lowest BCUT2D eigenvalue weighted by Crippen LogP contribution is -2.49. The number of amides is 1. The van der Waals surface area contributed by atoms with Crippen LogP contribution in [-0.4, -0.2) is 58.0 Å². The molecule has 3 aromatic rings. The molecule has 1 aromatic heterocycles. The summed E-state index contributed by atoms with van der Waals surface area (Å²) in [5.41, 5.74) is 2.17. The van der Waals surface area contributed by atoms with Crippen LogP contribution in [0.2, 0.25) is 5.02 Å². The van der Waals surface area contributed by atoms with Crippen molar-refractivity contribution >= 4 is 28.5 Å². The van der Waals surface area contributed by atoms with Gasteiger partial charge in [-0.05, 0) is 36.4 Å². The zero-order valence-electron chi connectivity index (χ0n) is 15.8. The molecule has 1 saturated heterocycles. The van der Waals surface area contributed by atoms with Crippen LogP contribution < -0.4 is 4.74 Å². The Bertz CT molecular complexity index is 962. The molecule has 2 heterocycles. The first-order valence-electron chi connectivity index (χ1n) is 9.39. The van der Waals surface area contributed by atoms with E-state index in [1.165, 1.54) is 0 Å². The molecule has 0 unspecified atom stereocenters. The summed E-state index contributed by atoms with van der Waals surface area (Å²) < 4.78 is 7.72. The van der Waals surface area contributed by atoms with Crippen LogP contribution in [0.15, 0.2) is 48.5 Å². The molecule has 1 aliphatic rings.